The van der Waals surface area contributed by atoms with Crippen molar-refractivity contribution >= 4 is 14.0 Å². The average molecular weight is 172 g/mol. The smallest absolute Gasteiger partial charge is 0.322 e. The largest absolute Gasteiger partial charge is 0.480 e. The summed E-state index contributed by atoms with van der Waals surface area (Å²) in [6, 6.07) is -0.749. The molecule has 0 aromatic carbocycles. The van der Waals surface area contributed by atoms with Gasteiger partial charge in [0.1, 0.15) is 6.04 Å². The lowest BCUT2D eigenvalue weighted by molar-refractivity contribution is -0.141. The normalized spacial score (nSPS) is 12.8. The molecule has 0 amide bonds. The molecule has 0 aliphatic rings. The molecule has 1 atom stereocenters. The van der Waals surface area contributed by atoms with Crippen molar-refractivity contribution in [1.29, 1.82) is 0 Å². The number of rotatable bonds is 7. The zero-order valence-corrected chi connectivity index (χ0v) is 6.82. The number of hydroxylamine groups is 1. The first-order valence-electron chi connectivity index (χ1n) is 3.76. The van der Waals surface area contributed by atoms with Crippen LogP contribution in [0, 0.1) is 0 Å². The van der Waals surface area contributed by atoms with Gasteiger partial charge in [0.15, 0.2) is 0 Å². The minimum Gasteiger partial charge on any atom is -0.480 e. The standard InChI is InChI=1S/C6H13BN2O3/c7-12-9-5(6(10)11)3-1-2-4-8/h5,9H,1-4,8H2,(H,10,11)/t5-/m0/s1. The molecule has 0 unspecified atom stereocenters. The van der Waals surface area contributed by atoms with Crippen molar-refractivity contribution in [2.45, 2.75) is 25.3 Å². The second kappa shape index (κ2) is 7.09. The van der Waals surface area contributed by atoms with E-state index in [4.69, 9.17) is 10.8 Å². The maximum absolute atomic E-state index is 10.5. The molecule has 0 saturated carbocycles. The number of unbranched alkanes of at least 4 members (excludes halogenated alkanes) is 1. The number of carbonyl (C=O) groups is 1. The highest BCUT2D eigenvalue weighted by molar-refractivity contribution is 5.97. The molecule has 12 heavy (non-hydrogen) atoms. The van der Waals surface area contributed by atoms with E-state index in [2.05, 4.69) is 18.3 Å². The van der Waals surface area contributed by atoms with Gasteiger partial charge >= 0.3 is 14.0 Å². The molecule has 6 heteroatoms. The lowest BCUT2D eigenvalue weighted by Crippen LogP contribution is -2.36. The molecule has 4 N–H and O–H groups in total. The van der Waals surface area contributed by atoms with Gasteiger partial charge in [-0.1, -0.05) is 0 Å². The van der Waals surface area contributed by atoms with Crippen molar-refractivity contribution in [1.82, 2.24) is 5.48 Å². The van der Waals surface area contributed by atoms with E-state index in [1.54, 1.807) is 0 Å². The van der Waals surface area contributed by atoms with Crippen LogP contribution in [0.3, 0.4) is 0 Å². The Morgan fingerprint density at radius 1 is 1.67 bits per heavy atom. The first kappa shape index (κ1) is 11.4. The number of nitrogens with one attached hydrogen (secondary N) is 1. The van der Waals surface area contributed by atoms with E-state index in [0.29, 0.717) is 13.0 Å². The Hall–Kier alpha value is -0.585. The van der Waals surface area contributed by atoms with Crippen molar-refractivity contribution in [3.8, 4) is 0 Å². The van der Waals surface area contributed by atoms with E-state index < -0.39 is 12.0 Å². The van der Waals surface area contributed by atoms with Crippen LogP contribution in [0.2, 0.25) is 0 Å². The number of nitrogens with two attached hydrogens (primary N) is 1. The first-order valence-corrected chi connectivity index (χ1v) is 3.76. The predicted molar refractivity (Wildman–Crippen MR) is 44.3 cm³/mol. The quantitative estimate of drug-likeness (QED) is 0.265. The van der Waals surface area contributed by atoms with E-state index in [9.17, 15) is 4.79 Å². The monoisotopic (exact) mass is 172 g/mol. The highest BCUT2D eigenvalue weighted by atomic mass is 16.6. The van der Waals surface area contributed by atoms with Gasteiger partial charge in [-0.2, -0.15) is 0 Å². The molecule has 0 rings (SSSR count). The first-order chi connectivity index (χ1) is 5.72. The molecule has 0 heterocycles. The highest BCUT2D eigenvalue weighted by Gasteiger charge is 2.15. The summed E-state index contributed by atoms with van der Waals surface area (Å²) in [7, 11) is 4.67. The number of carboxylic acid groups (broad SMARTS) is 1. The molecule has 0 aliphatic heterocycles. The van der Waals surface area contributed by atoms with Crippen LogP contribution < -0.4 is 11.2 Å². The Morgan fingerprint density at radius 2 is 2.33 bits per heavy atom. The van der Waals surface area contributed by atoms with Crippen LogP contribution in [0.1, 0.15) is 19.3 Å². The third kappa shape index (κ3) is 5.12. The van der Waals surface area contributed by atoms with Gasteiger partial charge in [0.2, 0.25) is 0 Å². The van der Waals surface area contributed by atoms with Gasteiger partial charge in [-0.15, -0.1) is 0 Å². The Labute approximate surface area is 72.7 Å². The van der Waals surface area contributed by atoms with E-state index in [0.717, 1.165) is 12.8 Å². The zero-order chi connectivity index (χ0) is 9.40. The van der Waals surface area contributed by atoms with Gasteiger partial charge in [0.05, 0.1) is 0 Å². The van der Waals surface area contributed by atoms with Crippen molar-refractivity contribution in [3.05, 3.63) is 0 Å². The highest BCUT2D eigenvalue weighted by Crippen LogP contribution is 1.99. The average Bonchev–Trinajstić information content (AvgIpc) is 2.03. The molecule has 0 aliphatic carbocycles. The molecule has 68 valence electrons. The van der Waals surface area contributed by atoms with E-state index in [1.165, 1.54) is 0 Å². The third-order valence-corrected chi connectivity index (χ3v) is 1.46. The molecule has 0 aromatic heterocycles. The van der Waals surface area contributed by atoms with Crippen LogP contribution in [0.15, 0.2) is 0 Å². The van der Waals surface area contributed by atoms with Gasteiger partial charge in [-0.25, -0.2) is 5.48 Å². The van der Waals surface area contributed by atoms with Gasteiger partial charge in [0.25, 0.3) is 0 Å². The van der Waals surface area contributed by atoms with Crippen LogP contribution in [0.5, 0.6) is 0 Å². The Kier molecular flexibility index (Phi) is 6.74. The molecule has 0 aromatic rings. The molecular weight excluding hydrogens is 159 g/mol. The zero-order valence-electron chi connectivity index (χ0n) is 6.82. The van der Waals surface area contributed by atoms with Gasteiger partial charge in [0, 0.05) is 0 Å². The lowest BCUT2D eigenvalue weighted by Gasteiger charge is -2.11. The maximum Gasteiger partial charge on any atom is 0.322 e. The molecule has 0 bridgehead atoms. The summed E-state index contributed by atoms with van der Waals surface area (Å²) < 4.78 is 4.03. The van der Waals surface area contributed by atoms with Gasteiger partial charge in [-0.05, 0) is 25.8 Å². The molecule has 2 radical (unpaired) electrons. The molecule has 0 spiro atoms. The van der Waals surface area contributed by atoms with Crippen LogP contribution in [-0.4, -0.2) is 31.7 Å². The van der Waals surface area contributed by atoms with Gasteiger partial charge < -0.3 is 15.6 Å². The van der Waals surface area contributed by atoms with E-state index in [-0.39, 0.29) is 0 Å². The minimum absolute atomic E-state index is 0.462. The summed E-state index contributed by atoms with van der Waals surface area (Å²) in [4.78, 5) is 10.5. The number of hydrogen-bond donors (Lipinski definition) is 3. The second-order valence-electron chi connectivity index (χ2n) is 2.41. The van der Waals surface area contributed by atoms with Gasteiger partial charge in [-0.3, -0.25) is 4.79 Å². The van der Waals surface area contributed by atoms with Crippen molar-refractivity contribution in [2.24, 2.45) is 5.73 Å². The Morgan fingerprint density at radius 3 is 2.75 bits per heavy atom. The van der Waals surface area contributed by atoms with Crippen LogP contribution in [-0.2, 0) is 9.55 Å². The van der Waals surface area contributed by atoms with Crippen molar-refractivity contribution < 1.29 is 14.7 Å². The van der Waals surface area contributed by atoms with Crippen LogP contribution >= 0.6 is 0 Å². The molecular formula is C6H13BN2O3. The summed E-state index contributed by atoms with van der Waals surface area (Å²) in [6.07, 6.45) is 2.00. The summed E-state index contributed by atoms with van der Waals surface area (Å²) in [5.74, 6) is -0.975. The maximum atomic E-state index is 10.5. The fourth-order valence-corrected chi connectivity index (χ4v) is 0.808. The summed E-state index contributed by atoms with van der Waals surface area (Å²) in [6.45, 7) is 0.565. The summed E-state index contributed by atoms with van der Waals surface area (Å²) in [5.41, 5.74) is 7.42. The number of aliphatic carboxylic acids is 1. The fourth-order valence-electron chi connectivity index (χ4n) is 0.808. The topological polar surface area (TPSA) is 84.6 Å². The third-order valence-electron chi connectivity index (χ3n) is 1.46. The lowest BCUT2D eigenvalue weighted by atomic mass is 10.1. The van der Waals surface area contributed by atoms with E-state index in [1.807, 2.05) is 0 Å². The minimum atomic E-state index is -0.975. The Balaban J connectivity index is 3.56. The number of carboxylic acids is 1. The summed E-state index contributed by atoms with van der Waals surface area (Å²) >= 11 is 0. The number of hydrogen-bond acceptors (Lipinski definition) is 4. The molecule has 5 nitrogen and oxygen atoms in total. The van der Waals surface area contributed by atoms with Crippen molar-refractivity contribution in [3.63, 3.8) is 0 Å². The molecule has 0 saturated heterocycles. The van der Waals surface area contributed by atoms with Crippen molar-refractivity contribution in [2.75, 3.05) is 6.54 Å². The van der Waals surface area contributed by atoms with E-state index >= 15 is 0 Å². The summed E-state index contributed by atoms with van der Waals surface area (Å²) in [5, 5.41) is 8.57. The Bertz CT molecular complexity index is 134. The van der Waals surface area contributed by atoms with Crippen LogP contribution in [0.25, 0.3) is 0 Å². The predicted octanol–water partition coefficient (Wildman–Crippen LogP) is -0.827. The fraction of sp³-hybridized carbons (Fsp3) is 0.833. The SMILES string of the molecule is [B]ON[C@@H](CCCCN)C(=O)O. The second-order valence-corrected chi connectivity index (χ2v) is 2.41. The van der Waals surface area contributed by atoms with Crippen LogP contribution in [0.4, 0.5) is 0 Å². The molecule has 0 fully saturated rings.